The highest BCUT2D eigenvalue weighted by Crippen LogP contribution is 2.37. The molecule has 0 heterocycles. The van der Waals surface area contributed by atoms with Gasteiger partial charge in [-0.2, -0.15) is 0 Å². The van der Waals surface area contributed by atoms with Crippen molar-refractivity contribution in [2.45, 2.75) is 37.5 Å². The molecule has 0 aliphatic heterocycles. The molecule has 17 heavy (non-hydrogen) atoms. The van der Waals surface area contributed by atoms with E-state index in [1.54, 1.807) is 0 Å². The zero-order valence-electron chi connectivity index (χ0n) is 10.4. The molecule has 2 heteroatoms. The van der Waals surface area contributed by atoms with Gasteiger partial charge in [0.15, 0.2) is 0 Å². The average molecular weight is 233 g/mol. The lowest BCUT2D eigenvalue weighted by Crippen LogP contribution is -2.40. The minimum absolute atomic E-state index is 0.157. The molecule has 1 aliphatic rings. The van der Waals surface area contributed by atoms with Gasteiger partial charge in [0.05, 0.1) is 6.61 Å². The molecule has 0 spiro atoms. The monoisotopic (exact) mass is 233 g/mol. The molecule has 1 unspecified atom stereocenters. The van der Waals surface area contributed by atoms with Gasteiger partial charge in [-0.05, 0) is 17.9 Å². The van der Waals surface area contributed by atoms with Crippen LogP contribution in [0.1, 0.15) is 37.7 Å². The van der Waals surface area contributed by atoms with Gasteiger partial charge in [-0.25, -0.2) is 0 Å². The van der Waals surface area contributed by atoms with Gasteiger partial charge in [-0.3, -0.25) is 0 Å². The normalized spacial score (nSPS) is 20.4. The number of hydrogen-bond acceptors (Lipinski definition) is 2. The first-order valence-corrected chi connectivity index (χ1v) is 6.67. The molecule has 1 aromatic carbocycles. The molecular formula is C15H23NO. The van der Waals surface area contributed by atoms with Crippen molar-refractivity contribution in [2.75, 3.05) is 13.2 Å². The molecule has 2 rings (SSSR count). The fourth-order valence-electron chi connectivity index (χ4n) is 3.10. The fraction of sp³-hybridized carbons (Fsp3) is 0.600. The minimum atomic E-state index is -0.226. The molecule has 0 aromatic heterocycles. The maximum Gasteiger partial charge on any atom is 0.0540 e. The summed E-state index contributed by atoms with van der Waals surface area (Å²) in [4.78, 5) is 0. The van der Waals surface area contributed by atoms with E-state index in [9.17, 15) is 5.11 Å². The van der Waals surface area contributed by atoms with Crippen LogP contribution in [0.2, 0.25) is 0 Å². The van der Waals surface area contributed by atoms with Crippen LogP contribution in [0.3, 0.4) is 0 Å². The molecule has 2 nitrogen and oxygen atoms in total. The lowest BCUT2D eigenvalue weighted by molar-refractivity contribution is 0.169. The van der Waals surface area contributed by atoms with Crippen molar-refractivity contribution in [1.29, 1.82) is 0 Å². The molecule has 1 aromatic rings. The van der Waals surface area contributed by atoms with Gasteiger partial charge in [0, 0.05) is 12.0 Å². The van der Waals surface area contributed by atoms with Crippen molar-refractivity contribution in [3.05, 3.63) is 35.9 Å². The molecule has 0 saturated heterocycles. The number of rotatable bonds is 5. The van der Waals surface area contributed by atoms with Crippen LogP contribution in [-0.4, -0.2) is 18.3 Å². The van der Waals surface area contributed by atoms with Crippen LogP contribution in [0.25, 0.3) is 0 Å². The van der Waals surface area contributed by atoms with Crippen molar-refractivity contribution >= 4 is 0 Å². The quantitative estimate of drug-likeness (QED) is 0.820. The standard InChI is InChI=1S/C15H23NO/c16-11-15(12-17,10-13-6-4-5-7-13)14-8-2-1-3-9-14/h1-3,8-9,13,17H,4-7,10-12,16H2. The summed E-state index contributed by atoms with van der Waals surface area (Å²) in [5.41, 5.74) is 6.93. The number of benzene rings is 1. The average Bonchev–Trinajstić information content (AvgIpc) is 2.90. The van der Waals surface area contributed by atoms with Gasteiger partial charge in [-0.1, -0.05) is 56.0 Å². The smallest absolute Gasteiger partial charge is 0.0540 e. The second-order valence-corrected chi connectivity index (χ2v) is 5.36. The van der Waals surface area contributed by atoms with Gasteiger partial charge in [0.1, 0.15) is 0 Å². The maximum atomic E-state index is 9.81. The van der Waals surface area contributed by atoms with Crippen LogP contribution < -0.4 is 5.73 Å². The van der Waals surface area contributed by atoms with Crippen molar-refractivity contribution in [3.63, 3.8) is 0 Å². The summed E-state index contributed by atoms with van der Waals surface area (Å²) in [5.74, 6) is 0.742. The van der Waals surface area contributed by atoms with E-state index in [0.717, 1.165) is 12.3 Å². The van der Waals surface area contributed by atoms with Crippen molar-refractivity contribution in [1.82, 2.24) is 0 Å². The number of aliphatic hydroxyl groups is 1. The predicted octanol–water partition coefficient (Wildman–Crippen LogP) is 2.46. The minimum Gasteiger partial charge on any atom is -0.395 e. The van der Waals surface area contributed by atoms with E-state index in [4.69, 9.17) is 5.73 Å². The summed E-state index contributed by atoms with van der Waals surface area (Å²) in [5, 5.41) is 9.81. The second kappa shape index (κ2) is 5.65. The molecule has 0 bridgehead atoms. The van der Waals surface area contributed by atoms with Crippen molar-refractivity contribution in [3.8, 4) is 0 Å². The maximum absolute atomic E-state index is 9.81. The molecule has 94 valence electrons. The lowest BCUT2D eigenvalue weighted by Gasteiger charge is -2.33. The van der Waals surface area contributed by atoms with E-state index in [1.165, 1.54) is 31.2 Å². The van der Waals surface area contributed by atoms with Gasteiger partial charge >= 0.3 is 0 Å². The van der Waals surface area contributed by atoms with E-state index in [1.807, 2.05) is 18.2 Å². The third-order valence-corrected chi connectivity index (χ3v) is 4.23. The number of nitrogens with two attached hydrogens (primary N) is 1. The van der Waals surface area contributed by atoms with Crippen molar-refractivity contribution in [2.24, 2.45) is 11.7 Å². The Balaban J connectivity index is 2.19. The summed E-state index contributed by atoms with van der Waals surface area (Å²) in [6, 6.07) is 10.3. The Morgan fingerprint density at radius 3 is 2.35 bits per heavy atom. The largest absolute Gasteiger partial charge is 0.395 e. The molecule has 1 aliphatic carbocycles. The van der Waals surface area contributed by atoms with Gasteiger partial charge in [0.2, 0.25) is 0 Å². The Morgan fingerprint density at radius 2 is 1.82 bits per heavy atom. The van der Waals surface area contributed by atoms with Crippen LogP contribution in [-0.2, 0) is 5.41 Å². The predicted molar refractivity (Wildman–Crippen MR) is 70.8 cm³/mol. The van der Waals surface area contributed by atoms with E-state index in [2.05, 4.69) is 12.1 Å². The summed E-state index contributed by atoms with van der Waals surface area (Å²) in [6.45, 7) is 0.689. The molecule has 1 fully saturated rings. The highest BCUT2D eigenvalue weighted by atomic mass is 16.3. The first-order valence-electron chi connectivity index (χ1n) is 6.67. The van der Waals surface area contributed by atoms with E-state index in [0.29, 0.717) is 6.54 Å². The first-order chi connectivity index (χ1) is 8.30. The van der Waals surface area contributed by atoms with Crippen LogP contribution in [0.5, 0.6) is 0 Å². The third kappa shape index (κ3) is 2.70. The number of hydrogen-bond donors (Lipinski definition) is 2. The Kier molecular flexibility index (Phi) is 4.19. The summed E-state index contributed by atoms with van der Waals surface area (Å²) >= 11 is 0. The molecule has 1 atom stereocenters. The molecule has 1 saturated carbocycles. The number of aliphatic hydroxyl groups excluding tert-OH is 1. The lowest BCUT2D eigenvalue weighted by atomic mass is 9.74. The summed E-state index contributed by atoms with van der Waals surface area (Å²) in [7, 11) is 0. The van der Waals surface area contributed by atoms with Crippen LogP contribution >= 0.6 is 0 Å². The second-order valence-electron chi connectivity index (χ2n) is 5.36. The van der Waals surface area contributed by atoms with Crippen LogP contribution in [0.15, 0.2) is 30.3 Å². The van der Waals surface area contributed by atoms with Gasteiger partial charge < -0.3 is 10.8 Å². The Hall–Kier alpha value is -0.860. The highest BCUT2D eigenvalue weighted by Gasteiger charge is 2.33. The molecule has 0 radical (unpaired) electrons. The van der Waals surface area contributed by atoms with E-state index < -0.39 is 0 Å². The van der Waals surface area contributed by atoms with Crippen LogP contribution in [0.4, 0.5) is 0 Å². The van der Waals surface area contributed by atoms with E-state index >= 15 is 0 Å². The molecular weight excluding hydrogens is 210 g/mol. The molecule has 0 amide bonds. The Labute approximate surface area is 104 Å². The Bertz CT molecular complexity index is 326. The van der Waals surface area contributed by atoms with Gasteiger partial charge in [-0.15, -0.1) is 0 Å². The van der Waals surface area contributed by atoms with Crippen molar-refractivity contribution < 1.29 is 5.11 Å². The van der Waals surface area contributed by atoms with Gasteiger partial charge in [0.25, 0.3) is 0 Å². The molecule has 3 N–H and O–H groups in total. The van der Waals surface area contributed by atoms with E-state index in [-0.39, 0.29) is 12.0 Å². The third-order valence-electron chi connectivity index (χ3n) is 4.23. The zero-order chi connectivity index (χ0) is 12.1. The highest BCUT2D eigenvalue weighted by molar-refractivity contribution is 5.26. The first kappa shape index (κ1) is 12.6. The summed E-state index contributed by atoms with van der Waals surface area (Å²) in [6.07, 6.45) is 6.31. The topological polar surface area (TPSA) is 46.2 Å². The fourth-order valence-corrected chi connectivity index (χ4v) is 3.10. The zero-order valence-corrected chi connectivity index (χ0v) is 10.4. The Morgan fingerprint density at radius 1 is 1.18 bits per heavy atom. The summed E-state index contributed by atoms with van der Waals surface area (Å²) < 4.78 is 0. The SMILES string of the molecule is NCC(CO)(CC1CCCC1)c1ccccc1. The van der Waals surface area contributed by atoms with Crippen LogP contribution in [0, 0.1) is 5.92 Å².